The molecular formula is C13H21ClN2. The maximum atomic E-state index is 6.11. The number of rotatable bonds is 6. The summed E-state index contributed by atoms with van der Waals surface area (Å²) in [6, 6.07) is 4.25. The second kappa shape index (κ2) is 6.87. The predicted molar refractivity (Wildman–Crippen MR) is 69.9 cm³/mol. The van der Waals surface area contributed by atoms with Crippen molar-refractivity contribution in [3.63, 3.8) is 0 Å². The fourth-order valence-corrected chi connectivity index (χ4v) is 2.10. The third-order valence-electron chi connectivity index (χ3n) is 2.52. The average Bonchev–Trinajstić information content (AvgIpc) is 2.21. The molecule has 0 aromatic carbocycles. The Bertz CT molecular complexity index is 313. The van der Waals surface area contributed by atoms with Crippen LogP contribution in [0.2, 0.25) is 5.02 Å². The van der Waals surface area contributed by atoms with Crippen LogP contribution in [0.3, 0.4) is 0 Å². The molecule has 16 heavy (non-hydrogen) atoms. The molecule has 0 amide bonds. The molecule has 0 aliphatic carbocycles. The van der Waals surface area contributed by atoms with E-state index in [4.69, 9.17) is 11.6 Å². The molecule has 90 valence electrons. The second-order valence-corrected chi connectivity index (χ2v) is 4.93. The fourth-order valence-electron chi connectivity index (χ4n) is 1.90. The van der Waals surface area contributed by atoms with Gasteiger partial charge in [-0.3, -0.25) is 4.98 Å². The van der Waals surface area contributed by atoms with Gasteiger partial charge in [-0.2, -0.15) is 0 Å². The molecule has 3 heteroatoms. The largest absolute Gasteiger partial charge is 0.314 e. The van der Waals surface area contributed by atoms with Crippen LogP contribution in [-0.4, -0.2) is 17.6 Å². The van der Waals surface area contributed by atoms with E-state index in [1.165, 1.54) is 0 Å². The summed E-state index contributed by atoms with van der Waals surface area (Å²) in [5, 5.41) is 4.26. The zero-order chi connectivity index (χ0) is 12.0. The van der Waals surface area contributed by atoms with Crippen molar-refractivity contribution in [1.82, 2.24) is 10.3 Å². The molecular weight excluding hydrogens is 220 g/mol. The summed E-state index contributed by atoms with van der Waals surface area (Å²) in [5.41, 5.74) is 0.996. The monoisotopic (exact) mass is 240 g/mol. The van der Waals surface area contributed by atoms with Crippen molar-refractivity contribution >= 4 is 11.6 Å². The number of halogens is 1. The van der Waals surface area contributed by atoms with E-state index in [-0.39, 0.29) is 0 Å². The number of hydrogen-bond donors (Lipinski definition) is 1. The molecule has 1 atom stereocenters. The van der Waals surface area contributed by atoms with E-state index in [1.54, 1.807) is 6.20 Å². The minimum absolute atomic E-state index is 0.470. The first-order valence-electron chi connectivity index (χ1n) is 5.96. The molecule has 1 aromatic heterocycles. The molecule has 0 spiro atoms. The Kier molecular flexibility index (Phi) is 5.78. The molecule has 1 rings (SSSR count). The van der Waals surface area contributed by atoms with Gasteiger partial charge in [0.15, 0.2) is 0 Å². The van der Waals surface area contributed by atoms with Gasteiger partial charge >= 0.3 is 0 Å². The number of aromatic nitrogens is 1. The van der Waals surface area contributed by atoms with Gasteiger partial charge in [-0.05, 0) is 31.0 Å². The molecule has 1 heterocycles. The van der Waals surface area contributed by atoms with Crippen molar-refractivity contribution in [3.8, 4) is 0 Å². The summed E-state index contributed by atoms with van der Waals surface area (Å²) in [5.74, 6) is 0.687. The lowest BCUT2D eigenvalue weighted by atomic mass is 9.99. The quantitative estimate of drug-likeness (QED) is 0.825. The first kappa shape index (κ1) is 13.5. The van der Waals surface area contributed by atoms with Gasteiger partial charge in [0.25, 0.3) is 0 Å². The minimum atomic E-state index is 0.470. The van der Waals surface area contributed by atoms with Crippen LogP contribution in [-0.2, 0) is 6.42 Å². The van der Waals surface area contributed by atoms with Crippen LogP contribution in [0.25, 0.3) is 0 Å². The Morgan fingerprint density at radius 1 is 1.44 bits per heavy atom. The summed E-state index contributed by atoms with van der Waals surface area (Å²) in [6.45, 7) is 7.60. The van der Waals surface area contributed by atoms with E-state index in [9.17, 15) is 0 Å². The summed E-state index contributed by atoms with van der Waals surface area (Å²) in [4.78, 5) is 4.34. The molecule has 2 nitrogen and oxygen atoms in total. The van der Waals surface area contributed by atoms with Gasteiger partial charge in [0, 0.05) is 18.7 Å². The third kappa shape index (κ3) is 4.50. The first-order valence-corrected chi connectivity index (χ1v) is 6.34. The Labute approximate surface area is 103 Å². The van der Waals surface area contributed by atoms with Gasteiger partial charge in [0.05, 0.1) is 10.7 Å². The maximum absolute atomic E-state index is 6.11. The van der Waals surface area contributed by atoms with Crippen molar-refractivity contribution in [2.75, 3.05) is 6.54 Å². The van der Waals surface area contributed by atoms with Gasteiger partial charge in [-0.25, -0.2) is 0 Å². The van der Waals surface area contributed by atoms with E-state index < -0.39 is 0 Å². The lowest BCUT2D eigenvalue weighted by molar-refractivity contribution is 0.421. The Morgan fingerprint density at radius 2 is 2.19 bits per heavy atom. The van der Waals surface area contributed by atoms with Gasteiger partial charge < -0.3 is 5.32 Å². The van der Waals surface area contributed by atoms with E-state index in [1.807, 2.05) is 12.1 Å². The normalized spacial score (nSPS) is 13.1. The highest BCUT2D eigenvalue weighted by Gasteiger charge is 2.12. The summed E-state index contributed by atoms with van der Waals surface area (Å²) in [7, 11) is 0. The number of pyridine rings is 1. The van der Waals surface area contributed by atoms with Gasteiger partial charge in [-0.15, -0.1) is 0 Å². The third-order valence-corrected chi connectivity index (χ3v) is 2.87. The van der Waals surface area contributed by atoms with Crippen LogP contribution in [0.5, 0.6) is 0 Å². The van der Waals surface area contributed by atoms with Crippen LogP contribution in [0, 0.1) is 5.92 Å². The smallest absolute Gasteiger partial charge is 0.0622 e. The van der Waals surface area contributed by atoms with Crippen molar-refractivity contribution in [2.24, 2.45) is 5.92 Å². The Hall–Kier alpha value is -0.600. The van der Waals surface area contributed by atoms with Crippen LogP contribution >= 0.6 is 11.6 Å². The zero-order valence-corrected chi connectivity index (χ0v) is 11.1. The number of hydrogen-bond acceptors (Lipinski definition) is 2. The summed E-state index contributed by atoms with van der Waals surface area (Å²) < 4.78 is 0. The van der Waals surface area contributed by atoms with E-state index >= 15 is 0 Å². The molecule has 1 unspecified atom stereocenters. The Morgan fingerprint density at radius 3 is 2.75 bits per heavy atom. The van der Waals surface area contributed by atoms with E-state index in [0.717, 1.165) is 30.1 Å². The van der Waals surface area contributed by atoms with Crippen LogP contribution in [0.4, 0.5) is 0 Å². The van der Waals surface area contributed by atoms with Gasteiger partial charge in [-0.1, -0.05) is 32.4 Å². The number of nitrogens with one attached hydrogen (secondary N) is 1. The number of nitrogens with zero attached hydrogens (tertiary/aromatic N) is 1. The van der Waals surface area contributed by atoms with Crippen LogP contribution < -0.4 is 5.32 Å². The van der Waals surface area contributed by atoms with Crippen molar-refractivity contribution in [3.05, 3.63) is 29.0 Å². The molecule has 0 bridgehead atoms. The molecule has 0 saturated heterocycles. The van der Waals surface area contributed by atoms with Gasteiger partial charge in [0.2, 0.25) is 0 Å². The van der Waals surface area contributed by atoms with Crippen LogP contribution in [0.1, 0.15) is 32.9 Å². The highest BCUT2D eigenvalue weighted by Crippen LogP contribution is 2.16. The van der Waals surface area contributed by atoms with Crippen molar-refractivity contribution in [2.45, 2.75) is 39.7 Å². The first-order chi connectivity index (χ1) is 7.63. The van der Waals surface area contributed by atoms with E-state index in [2.05, 4.69) is 31.1 Å². The molecule has 0 radical (unpaired) electrons. The van der Waals surface area contributed by atoms with Crippen LogP contribution in [0.15, 0.2) is 18.3 Å². The SMILES string of the molecule is CCNC(Cc1ncccc1Cl)CC(C)C. The van der Waals surface area contributed by atoms with E-state index in [0.29, 0.717) is 12.0 Å². The molecule has 0 aliphatic rings. The molecule has 0 saturated carbocycles. The highest BCUT2D eigenvalue weighted by molar-refractivity contribution is 6.31. The Balaban J connectivity index is 2.64. The zero-order valence-electron chi connectivity index (χ0n) is 10.3. The topological polar surface area (TPSA) is 24.9 Å². The number of likely N-dealkylation sites (N-methyl/N-ethyl adjacent to an activating group) is 1. The standard InChI is InChI=1S/C13H21ClN2/c1-4-15-11(8-10(2)3)9-13-12(14)6-5-7-16-13/h5-7,10-11,15H,4,8-9H2,1-3H3. The molecule has 0 fully saturated rings. The molecule has 1 aromatic rings. The van der Waals surface area contributed by atoms with Crippen molar-refractivity contribution in [1.29, 1.82) is 0 Å². The lowest BCUT2D eigenvalue weighted by Gasteiger charge is -2.19. The highest BCUT2D eigenvalue weighted by atomic mass is 35.5. The molecule has 1 N–H and O–H groups in total. The van der Waals surface area contributed by atoms with Gasteiger partial charge in [0.1, 0.15) is 0 Å². The minimum Gasteiger partial charge on any atom is -0.314 e. The summed E-state index contributed by atoms with van der Waals surface area (Å²) in [6.07, 6.45) is 3.87. The predicted octanol–water partition coefficient (Wildman–Crippen LogP) is 3.30. The molecule has 0 aliphatic heterocycles. The fraction of sp³-hybridized carbons (Fsp3) is 0.615. The second-order valence-electron chi connectivity index (χ2n) is 4.52. The summed E-state index contributed by atoms with van der Waals surface area (Å²) >= 11 is 6.11. The average molecular weight is 241 g/mol. The van der Waals surface area contributed by atoms with Crippen molar-refractivity contribution < 1.29 is 0 Å². The lowest BCUT2D eigenvalue weighted by Crippen LogP contribution is -2.32. The maximum Gasteiger partial charge on any atom is 0.0622 e.